The van der Waals surface area contributed by atoms with Crippen LogP contribution in [0.15, 0.2) is 29.8 Å². The molecule has 2 rings (SSSR count). The van der Waals surface area contributed by atoms with E-state index in [0.29, 0.717) is 6.42 Å². The topological polar surface area (TPSA) is 55.8 Å². The molecule has 1 unspecified atom stereocenters. The largest absolute Gasteiger partial charge is 0.478 e. The lowest BCUT2D eigenvalue weighted by Gasteiger charge is -2.38. The fourth-order valence-corrected chi connectivity index (χ4v) is 2.19. The lowest BCUT2D eigenvalue weighted by Crippen LogP contribution is -2.57. The Balaban J connectivity index is 2.49. The summed E-state index contributed by atoms with van der Waals surface area (Å²) in [5, 5.41) is 9.24. The number of carboxylic acids is 1. The minimum atomic E-state index is -5.04. The van der Waals surface area contributed by atoms with Crippen LogP contribution in [0.2, 0.25) is 0 Å². The van der Waals surface area contributed by atoms with Gasteiger partial charge in [0, 0.05) is 5.56 Å². The van der Waals surface area contributed by atoms with E-state index in [1.54, 1.807) is 6.07 Å². The number of para-hydroxylation sites is 1. The zero-order valence-electron chi connectivity index (χ0n) is 12.7. The Morgan fingerprint density at radius 1 is 1.35 bits per heavy atom. The molecule has 0 aliphatic carbocycles. The van der Waals surface area contributed by atoms with Gasteiger partial charge in [-0.2, -0.15) is 13.2 Å². The Morgan fingerprint density at radius 3 is 2.57 bits per heavy atom. The Bertz CT molecular complexity index is 622. The van der Waals surface area contributed by atoms with Crippen LogP contribution in [-0.4, -0.2) is 29.6 Å². The molecule has 1 aromatic rings. The molecule has 1 heterocycles. The molecule has 0 amide bonds. The summed E-state index contributed by atoms with van der Waals surface area (Å²) in [5.41, 5.74) is -0.718. The molecule has 0 saturated carbocycles. The molecule has 0 radical (unpaired) electrons. The molecule has 0 bridgehead atoms. The number of rotatable bonds is 5. The van der Waals surface area contributed by atoms with Gasteiger partial charge in [0.25, 0.3) is 0 Å². The first kappa shape index (κ1) is 17.3. The summed E-state index contributed by atoms with van der Waals surface area (Å²) in [4.78, 5) is 11.4. The average Bonchev–Trinajstić information content (AvgIpc) is 2.44. The van der Waals surface area contributed by atoms with Gasteiger partial charge in [0.2, 0.25) is 0 Å². The van der Waals surface area contributed by atoms with Gasteiger partial charge in [-0.3, -0.25) is 0 Å². The smallest absolute Gasteiger partial charge is 0.460 e. The van der Waals surface area contributed by atoms with Crippen molar-refractivity contribution in [3.8, 4) is 5.75 Å². The molecule has 1 aliphatic heterocycles. The number of carbonyl (C=O) groups is 1. The van der Waals surface area contributed by atoms with Crippen LogP contribution < -0.4 is 4.74 Å². The second kappa shape index (κ2) is 6.23. The Hall–Kier alpha value is -2.02. The van der Waals surface area contributed by atoms with Crippen LogP contribution in [0.1, 0.15) is 25.8 Å². The van der Waals surface area contributed by atoms with Gasteiger partial charge in [-0.05, 0) is 24.5 Å². The van der Waals surface area contributed by atoms with Gasteiger partial charge in [0.1, 0.15) is 11.3 Å². The highest BCUT2D eigenvalue weighted by Crippen LogP contribution is 2.46. The average molecular weight is 330 g/mol. The Kier molecular flexibility index (Phi) is 4.70. The molecule has 0 fully saturated rings. The van der Waals surface area contributed by atoms with Gasteiger partial charge in [0.15, 0.2) is 0 Å². The zero-order valence-corrected chi connectivity index (χ0v) is 12.7. The molecule has 7 heteroatoms. The van der Waals surface area contributed by atoms with Crippen molar-refractivity contribution in [2.24, 2.45) is 5.92 Å². The van der Waals surface area contributed by atoms with Crippen LogP contribution >= 0.6 is 0 Å². The maximum absolute atomic E-state index is 13.7. The molecule has 1 aliphatic rings. The maximum Gasteiger partial charge on any atom is 0.460 e. The van der Waals surface area contributed by atoms with Crippen LogP contribution in [0.5, 0.6) is 5.75 Å². The number of halogens is 3. The van der Waals surface area contributed by atoms with E-state index in [1.807, 2.05) is 13.8 Å². The number of carboxylic acid groups (broad SMARTS) is 1. The van der Waals surface area contributed by atoms with Crippen LogP contribution in [0, 0.1) is 5.92 Å². The van der Waals surface area contributed by atoms with Crippen LogP contribution in [0.3, 0.4) is 0 Å². The first-order valence-corrected chi connectivity index (χ1v) is 7.11. The Morgan fingerprint density at radius 2 is 2.00 bits per heavy atom. The zero-order chi connectivity index (χ0) is 17.3. The predicted octanol–water partition coefficient (Wildman–Crippen LogP) is 3.87. The van der Waals surface area contributed by atoms with Gasteiger partial charge in [-0.15, -0.1) is 0 Å². The van der Waals surface area contributed by atoms with Gasteiger partial charge in [0.05, 0.1) is 6.61 Å². The lowest BCUT2D eigenvalue weighted by atomic mass is 9.97. The van der Waals surface area contributed by atoms with Gasteiger partial charge < -0.3 is 14.6 Å². The molecule has 4 nitrogen and oxygen atoms in total. The van der Waals surface area contributed by atoms with E-state index in [4.69, 9.17) is 9.47 Å². The number of hydrogen-bond donors (Lipinski definition) is 1. The molecular weight excluding hydrogens is 313 g/mol. The van der Waals surface area contributed by atoms with Crippen molar-refractivity contribution in [1.29, 1.82) is 0 Å². The fourth-order valence-electron chi connectivity index (χ4n) is 2.19. The molecule has 1 N–H and O–H groups in total. The van der Waals surface area contributed by atoms with E-state index in [9.17, 15) is 23.1 Å². The van der Waals surface area contributed by atoms with E-state index >= 15 is 0 Å². The van der Waals surface area contributed by atoms with Crippen molar-refractivity contribution in [3.63, 3.8) is 0 Å². The number of benzene rings is 1. The summed E-state index contributed by atoms with van der Waals surface area (Å²) >= 11 is 0. The van der Waals surface area contributed by atoms with Gasteiger partial charge >= 0.3 is 17.9 Å². The van der Waals surface area contributed by atoms with Gasteiger partial charge in [-0.1, -0.05) is 32.0 Å². The van der Waals surface area contributed by atoms with E-state index in [1.165, 1.54) is 18.2 Å². The third-order valence-electron chi connectivity index (χ3n) is 3.43. The molecule has 1 atom stereocenters. The standard InChI is InChI=1S/C16H17F3O4/c1-10(2)7-8-22-15(16(17,18)19)12(14(20)21)9-11-5-3-4-6-13(11)23-15/h3-6,9-10H,7-8H2,1-2H3,(H,20,21). The highest BCUT2D eigenvalue weighted by molar-refractivity contribution is 5.95. The third kappa shape index (κ3) is 3.34. The maximum atomic E-state index is 13.7. The summed E-state index contributed by atoms with van der Waals surface area (Å²) in [5.74, 6) is -5.00. The predicted molar refractivity (Wildman–Crippen MR) is 76.9 cm³/mol. The highest BCUT2D eigenvalue weighted by atomic mass is 19.4. The van der Waals surface area contributed by atoms with Crippen molar-refractivity contribution in [1.82, 2.24) is 0 Å². The monoisotopic (exact) mass is 330 g/mol. The quantitative estimate of drug-likeness (QED) is 0.890. The van der Waals surface area contributed by atoms with E-state index in [0.717, 1.165) is 6.08 Å². The normalized spacial score (nSPS) is 20.7. The van der Waals surface area contributed by atoms with Crippen molar-refractivity contribution >= 4 is 12.0 Å². The third-order valence-corrected chi connectivity index (χ3v) is 3.43. The second-order valence-electron chi connectivity index (χ2n) is 5.65. The van der Waals surface area contributed by atoms with E-state index in [2.05, 4.69) is 0 Å². The van der Waals surface area contributed by atoms with Crippen molar-refractivity contribution in [2.45, 2.75) is 32.2 Å². The highest BCUT2D eigenvalue weighted by Gasteiger charge is 2.65. The molecule has 0 saturated heterocycles. The molecule has 23 heavy (non-hydrogen) atoms. The number of fused-ring (bicyclic) bond motifs is 1. The number of aliphatic carboxylic acids is 1. The first-order valence-electron chi connectivity index (χ1n) is 7.11. The van der Waals surface area contributed by atoms with Crippen molar-refractivity contribution in [3.05, 3.63) is 35.4 Å². The number of alkyl halides is 3. The SMILES string of the molecule is CC(C)CCOC1(C(F)(F)F)Oc2ccccc2C=C1C(=O)O. The molecule has 0 spiro atoms. The summed E-state index contributed by atoms with van der Waals surface area (Å²) < 4.78 is 51.0. The van der Waals surface area contributed by atoms with Crippen LogP contribution in [-0.2, 0) is 9.53 Å². The van der Waals surface area contributed by atoms with Crippen LogP contribution in [0.4, 0.5) is 13.2 Å². The van der Waals surface area contributed by atoms with Crippen molar-refractivity contribution in [2.75, 3.05) is 6.61 Å². The fraction of sp³-hybridized carbons (Fsp3) is 0.438. The van der Waals surface area contributed by atoms with Crippen molar-refractivity contribution < 1.29 is 32.5 Å². The molecule has 0 aromatic heterocycles. The van der Waals surface area contributed by atoms with Crippen LogP contribution in [0.25, 0.3) is 6.08 Å². The first-order chi connectivity index (χ1) is 10.7. The summed E-state index contributed by atoms with van der Waals surface area (Å²) in [6, 6.07) is 5.91. The summed E-state index contributed by atoms with van der Waals surface area (Å²) in [6.07, 6.45) is -3.75. The second-order valence-corrected chi connectivity index (χ2v) is 5.65. The number of hydrogen-bond acceptors (Lipinski definition) is 3. The van der Waals surface area contributed by atoms with E-state index < -0.39 is 23.5 Å². The molecular formula is C16H17F3O4. The van der Waals surface area contributed by atoms with Gasteiger partial charge in [-0.25, -0.2) is 4.79 Å². The Labute approximate surface area is 131 Å². The summed E-state index contributed by atoms with van der Waals surface area (Å²) in [7, 11) is 0. The summed E-state index contributed by atoms with van der Waals surface area (Å²) in [6.45, 7) is 3.38. The lowest BCUT2D eigenvalue weighted by molar-refractivity contribution is -0.334. The minimum absolute atomic E-state index is 0.0700. The van der Waals surface area contributed by atoms with E-state index in [-0.39, 0.29) is 23.8 Å². The minimum Gasteiger partial charge on any atom is -0.478 e. The molecule has 126 valence electrons. The number of ether oxygens (including phenoxy) is 2. The molecule has 1 aromatic carbocycles.